The molecule has 0 heterocycles. The monoisotopic (exact) mass is 304 g/mol. The third kappa shape index (κ3) is 3.87. The van der Waals surface area contributed by atoms with Crippen LogP contribution in [-0.2, 0) is 14.8 Å². The van der Waals surface area contributed by atoms with E-state index in [1.165, 1.54) is 13.2 Å². The van der Waals surface area contributed by atoms with Gasteiger partial charge in [-0.05, 0) is 13.0 Å². The highest BCUT2D eigenvalue weighted by molar-refractivity contribution is 7.89. The van der Waals surface area contributed by atoms with Gasteiger partial charge in [0.05, 0.1) is 17.2 Å². The molecule has 0 spiro atoms. The average molecular weight is 304 g/mol. The number of sulfonamides is 1. The zero-order chi connectivity index (χ0) is 15.3. The van der Waals surface area contributed by atoms with Gasteiger partial charge >= 0.3 is 0 Å². The molecule has 1 rings (SSSR count). The largest absolute Gasteiger partial charge is 0.383 e. The van der Waals surface area contributed by atoms with Gasteiger partial charge in [0, 0.05) is 25.3 Å². The number of anilines is 1. The molecule has 0 aliphatic rings. The molecule has 1 unspecified atom stereocenters. The van der Waals surface area contributed by atoms with Crippen molar-refractivity contribution in [3.63, 3.8) is 0 Å². The first-order valence-electron chi connectivity index (χ1n) is 5.58. The van der Waals surface area contributed by atoms with Crippen LogP contribution in [-0.4, -0.2) is 33.1 Å². The standard InChI is InChI=1S/C10H16N4O5S/c1-7(6-19-2)13-20(17,18)10-5-8(14(15)16)3-4-9(10)12-11/h3-5,7,12-13H,6,11H2,1-2H3. The van der Waals surface area contributed by atoms with Crippen molar-refractivity contribution in [3.8, 4) is 0 Å². The number of nitro groups is 1. The van der Waals surface area contributed by atoms with Crippen molar-refractivity contribution < 1.29 is 18.1 Å². The number of non-ortho nitro benzene ring substituents is 1. The van der Waals surface area contributed by atoms with Gasteiger partial charge in [-0.3, -0.25) is 16.0 Å². The highest BCUT2D eigenvalue weighted by Gasteiger charge is 2.23. The number of hydrogen-bond acceptors (Lipinski definition) is 7. The van der Waals surface area contributed by atoms with Crippen LogP contribution in [0.25, 0.3) is 0 Å². The van der Waals surface area contributed by atoms with Crippen LogP contribution >= 0.6 is 0 Å². The summed E-state index contributed by atoms with van der Waals surface area (Å²) in [6.07, 6.45) is 0. The Bertz CT molecular complexity index is 589. The Hall–Kier alpha value is -1.75. The molecule has 0 saturated heterocycles. The summed E-state index contributed by atoms with van der Waals surface area (Å²) in [6.45, 7) is 1.77. The Morgan fingerprint density at radius 1 is 1.50 bits per heavy atom. The van der Waals surface area contributed by atoms with Crippen molar-refractivity contribution >= 4 is 21.4 Å². The molecule has 0 aliphatic carbocycles. The lowest BCUT2D eigenvalue weighted by molar-refractivity contribution is -0.385. The molecular weight excluding hydrogens is 288 g/mol. The van der Waals surface area contributed by atoms with Crippen molar-refractivity contribution in [2.24, 2.45) is 5.84 Å². The number of nitro benzene ring substituents is 1. The number of nitrogens with zero attached hydrogens (tertiary/aromatic N) is 1. The lowest BCUT2D eigenvalue weighted by Gasteiger charge is -2.15. The molecule has 0 bridgehead atoms. The minimum absolute atomic E-state index is 0.0627. The van der Waals surface area contributed by atoms with E-state index in [-0.39, 0.29) is 22.9 Å². The van der Waals surface area contributed by atoms with Crippen molar-refractivity contribution in [2.75, 3.05) is 19.1 Å². The van der Waals surface area contributed by atoms with Gasteiger partial charge in [-0.25, -0.2) is 13.1 Å². The number of ether oxygens (including phenoxy) is 1. The second-order valence-electron chi connectivity index (χ2n) is 4.06. The molecule has 10 heteroatoms. The number of hydrazine groups is 1. The number of benzene rings is 1. The topological polar surface area (TPSA) is 137 Å². The van der Waals surface area contributed by atoms with E-state index in [0.29, 0.717) is 0 Å². The maximum absolute atomic E-state index is 12.2. The summed E-state index contributed by atoms with van der Waals surface area (Å²) in [7, 11) is -2.52. The second-order valence-corrected chi connectivity index (χ2v) is 5.74. The summed E-state index contributed by atoms with van der Waals surface area (Å²) in [5, 5.41) is 10.7. The van der Waals surface area contributed by atoms with Gasteiger partial charge in [-0.1, -0.05) is 0 Å². The fraction of sp³-hybridized carbons (Fsp3) is 0.400. The van der Waals surface area contributed by atoms with Gasteiger partial charge in [0.2, 0.25) is 10.0 Å². The fourth-order valence-electron chi connectivity index (χ4n) is 1.58. The number of nitrogens with one attached hydrogen (secondary N) is 2. The van der Waals surface area contributed by atoms with E-state index in [0.717, 1.165) is 12.1 Å². The minimum atomic E-state index is -3.96. The minimum Gasteiger partial charge on any atom is -0.383 e. The Morgan fingerprint density at radius 3 is 2.65 bits per heavy atom. The molecule has 1 atom stereocenters. The van der Waals surface area contributed by atoms with Crippen molar-refractivity contribution in [1.82, 2.24) is 4.72 Å². The van der Waals surface area contributed by atoms with Gasteiger partial charge in [0.25, 0.3) is 5.69 Å². The normalized spacial score (nSPS) is 12.9. The maximum atomic E-state index is 12.2. The van der Waals surface area contributed by atoms with Crippen LogP contribution in [0, 0.1) is 10.1 Å². The van der Waals surface area contributed by atoms with Crippen LogP contribution in [0.4, 0.5) is 11.4 Å². The maximum Gasteiger partial charge on any atom is 0.270 e. The smallest absolute Gasteiger partial charge is 0.270 e. The summed E-state index contributed by atoms with van der Waals surface area (Å²) in [5.74, 6) is 5.23. The third-order valence-electron chi connectivity index (χ3n) is 2.39. The highest BCUT2D eigenvalue weighted by atomic mass is 32.2. The molecule has 4 N–H and O–H groups in total. The van der Waals surface area contributed by atoms with Crippen molar-refractivity contribution in [1.29, 1.82) is 0 Å². The van der Waals surface area contributed by atoms with Crippen molar-refractivity contribution in [3.05, 3.63) is 28.3 Å². The van der Waals surface area contributed by atoms with Crippen LogP contribution in [0.3, 0.4) is 0 Å². The molecule has 20 heavy (non-hydrogen) atoms. The first kappa shape index (κ1) is 16.3. The van der Waals surface area contributed by atoms with E-state index in [9.17, 15) is 18.5 Å². The van der Waals surface area contributed by atoms with Crippen molar-refractivity contribution in [2.45, 2.75) is 17.9 Å². The Balaban J connectivity index is 3.21. The van der Waals surface area contributed by atoms with Crippen LogP contribution < -0.4 is 16.0 Å². The molecule has 9 nitrogen and oxygen atoms in total. The summed E-state index contributed by atoms with van der Waals surface area (Å²) in [4.78, 5) is 9.75. The number of nitrogen functional groups attached to an aromatic ring is 1. The van der Waals surface area contributed by atoms with Gasteiger partial charge in [0.15, 0.2) is 0 Å². The third-order valence-corrected chi connectivity index (χ3v) is 4.02. The van der Waals surface area contributed by atoms with Crippen LogP contribution in [0.1, 0.15) is 6.92 Å². The zero-order valence-corrected chi connectivity index (χ0v) is 11.8. The number of hydrogen-bond donors (Lipinski definition) is 3. The molecule has 0 fully saturated rings. The zero-order valence-electron chi connectivity index (χ0n) is 11.0. The molecule has 0 radical (unpaired) electrons. The number of nitrogens with two attached hydrogens (primary N) is 1. The van der Waals surface area contributed by atoms with E-state index in [1.807, 2.05) is 0 Å². The first-order valence-corrected chi connectivity index (χ1v) is 7.06. The SMILES string of the molecule is COCC(C)NS(=O)(=O)c1cc([N+](=O)[O-])ccc1NN. The Morgan fingerprint density at radius 2 is 2.15 bits per heavy atom. The summed E-state index contributed by atoms with van der Waals surface area (Å²) >= 11 is 0. The van der Waals surface area contributed by atoms with E-state index < -0.39 is 21.0 Å². The summed E-state index contributed by atoms with van der Waals surface area (Å²) in [5.41, 5.74) is 1.92. The summed E-state index contributed by atoms with van der Waals surface area (Å²) < 4.78 is 31.5. The highest BCUT2D eigenvalue weighted by Crippen LogP contribution is 2.25. The lowest BCUT2D eigenvalue weighted by Crippen LogP contribution is -2.36. The molecular formula is C10H16N4O5S. The van der Waals surface area contributed by atoms with Gasteiger partial charge in [-0.15, -0.1) is 0 Å². The Kier molecular flexibility index (Phi) is 5.39. The van der Waals surface area contributed by atoms with Crippen LogP contribution in [0.2, 0.25) is 0 Å². The molecule has 1 aromatic carbocycles. The van der Waals surface area contributed by atoms with E-state index in [1.54, 1.807) is 6.92 Å². The number of methoxy groups -OCH3 is 1. The lowest BCUT2D eigenvalue weighted by atomic mass is 10.3. The molecule has 1 aromatic rings. The quantitative estimate of drug-likeness (QED) is 0.371. The molecule has 112 valence electrons. The molecule has 0 aromatic heterocycles. The van der Waals surface area contributed by atoms with E-state index in [4.69, 9.17) is 10.6 Å². The first-order chi connectivity index (χ1) is 9.31. The van der Waals surface area contributed by atoms with Gasteiger partial charge < -0.3 is 10.2 Å². The predicted molar refractivity (Wildman–Crippen MR) is 72.6 cm³/mol. The molecule has 0 saturated carbocycles. The van der Waals surface area contributed by atoms with Gasteiger partial charge in [-0.2, -0.15) is 0 Å². The van der Waals surface area contributed by atoms with Crippen LogP contribution in [0.5, 0.6) is 0 Å². The molecule has 0 aliphatic heterocycles. The van der Waals surface area contributed by atoms with E-state index in [2.05, 4.69) is 10.1 Å². The Labute approximate surface area is 116 Å². The van der Waals surface area contributed by atoms with E-state index >= 15 is 0 Å². The van der Waals surface area contributed by atoms with Crippen LogP contribution in [0.15, 0.2) is 23.1 Å². The average Bonchev–Trinajstić information content (AvgIpc) is 2.37. The molecule has 0 amide bonds. The summed E-state index contributed by atoms with van der Waals surface area (Å²) in [6, 6.07) is 2.84. The number of rotatable bonds is 7. The fourth-order valence-corrected chi connectivity index (χ4v) is 3.00. The predicted octanol–water partition coefficient (Wildman–Crippen LogP) is 0.194. The second kappa shape index (κ2) is 6.61. The van der Waals surface area contributed by atoms with Gasteiger partial charge in [0.1, 0.15) is 4.90 Å².